The van der Waals surface area contributed by atoms with Crippen LogP contribution in [0.1, 0.15) is 10.5 Å². The number of H-pyrrole nitrogens is 1. The number of methoxy groups -OCH3 is 2. The van der Waals surface area contributed by atoms with Crippen LogP contribution in [0.3, 0.4) is 0 Å². The summed E-state index contributed by atoms with van der Waals surface area (Å²) in [6.45, 7) is 0. The van der Waals surface area contributed by atoms with Crippen LogP contribution < -0.4 is 14.8 Å². The lowest BCUT2D eigenvalue weighted by atomic mass is 10.1. The lowest BCUT2D eigenvalue weighted by Gasteiger charge is -2.09. The van der Waals surface area contributed by atoms with Crippen molar-refractivity contribution < 1.29 is 18.8 Å². The van der Waals surface area contributed by atoms with Crippen LogP contribution in [-0.2, 0) is 0 Å². The number of benzene rings is 1. The first-order valence-corrected chi connectivity index (χ1v) is 6.45. The lowest BCUT2D eigenvalue weighted by molar-refractivity contribution is 0.101. The summed E-state index contributed by atoms with van der Waals surface area (Å²) < 4.78 is 15.8. The fraction of sp³-hybridized carbons (Fsp3) is 0.154. The summed E-state index contributed by atoms with van der Waals surface area (Å²) in [6.07, 6.45) is 0. The Morgan fingerprint density at radius 1 is 1.26 bits per heavy atom. The summed E-state index contributed by atoms with van der Waals surface area (Å²) in [6, 6.07) is 6.75. The number of hydrogen-bond acceptors (Lipinski definition) is 8. The van der Waals surface area contributed by atoms with Crippen LogP contribution >= 0.6 is 0 Å². The molecule has 2 heterocycles. The molecule has 1 amide bonds. The standard InChI is InChI=1S/C13H12N6O4/c1-21-8-4-3-5-9(22-2)11(8)10-6-7(17-23-10)12(20)14-13-15-18-19-16-13/h3-6H,1-2H3,(H2,14,15,16,18,19,20). The smallest absolute Gasteiger partial charge is 0.280 e. The van der Waals surface area contributed by atoms with Crippen LogP contribution in [-0.4, -0.2) is 45.9 Å². The normalized spacial score (nSPS) is 10.3. The average Bonchev–Trinajstić information content (AvgIpc) is 3.25. The number of rotatable bonds is 5. The summed E-state index contributed by atoms with van der Waals surface area (Å²) in [5.41, 5.74) is 0.612. The van der Waals surface area contributed by atoms with Crippen LogP contribution in [0.4, 0.5) is 5.95 Å². The second-order valence-corrected chi connectivity index (χ2v) is 4.30. The number of aromatic amines is 1. The number of tetrazole rings is 1. The fourth-order valence-electron chi connectivity index (χ4n) is 1.97. The van der Waals surface area contributed by atoms with Crippen LogP contribution in [0.25, 0.3) is 11.3 Å². The molecular weight excluding hydrogens is 304 g/mol. The topological polar surface area (TPSA) is 128 Å². The zero-order valence-corrected chi connectivity index (χ0v) is 12.2. The quantitative estimate of drug-likeness (QED) is 0.716. The molecule has 0 spiro atoms. The van der Waals surface area contributed by atoms with Crippen LogP contribution in [0, 0.1) is 0 Å². The van der Waals surface area contributed by atoms with Crippen molar-refractivity contribution in [1.82, 2.24) is 25.8 Å². The molecule has 0 aliphatic carbocycles. The molecule has 2 N–H and O–H groups in total. The summed E-state index contributed by atoms with van der Waals surface area (Å²) in [4.78, 5) is 12.0. The number of carbonyl (C=O) groups excluding carboxylic acids is 1. The molecule has 23 heavy (non-hydrogen) atoms. The lowest BCUT2D eigenvalue weighted by Crippen LogP contribution is -2.13. The highest BCUT2D eigenvalue weighted by molar-refractivity contribution is 6.02. The van der Waals surface area contributed by atoms with Crippen molar-refractivity contribution in [3.05, 3.63) is 30.0 Å². The molecule has 10 heteroatoms. The first kappa shape index (κ1) is 14.5. The summed E-state index contributed by atoms with van der Waals surface area (Å²) in [5, 5.41) is 19.0. The van der Waals surface area contributed by atoms with Gasteiger partial charge in [-0.15, -0.1) is 5.10 Å². The number of nitrogens with one attached hydrogen (secondary N) is 2. The monoisotopic (exact) mass is 316 g/mol. The molecule has 0 fully saturated rings. The number of carbonyl (C=O) groups is 1. The number of hydrogen-bond donors (Lipinski definition) is 2. The Morgan fingerprint density at radius 3 is 2.61 bits per heavy atom. The Kier molecular flexibility index (Phi) is 3.87. The van der Waals surface area contributed by atoms with Gasteiger partial charge in [0, 0.05) is 6.07 Å². The molecule has 0 saturated heterocycles. The van der Waals surface area contributed by atoms with Crippen LogP contribution in [0.5, 0.6) is 11.5 Å². The van der Waals surface area contributed by atoms with E-state index in [-0.39, 0.29) is 11.6 Å². The third-order valence-electron chi connectivity index (χ3n) is 2.99. The van der Waals surface area contributed by atoms with Crippen LogP contribution in [0.2, 0.25) is 0 Å². The minimum atomic E-state index is -0.532. The Balaban J connectivity index is 1.92. The fourth-order valence-corrected chi connectivity index (χ4v) is 1.97. The van der Waals surface area contributed by atoms with Gasteiger partial charge in [-0.2, -0.15) is 5.21 Å². The van der Waals surface area contributed by atoms with E-state index >= 15 is 0 Å². The molecule has 2 aromatic heterocycles. The van der Waals surface area contributed by atoms with Gasteiger partial charge < -0.3 is 14.0 Å². The SMILES string of the molecule is COc1cccc(OC)c1-c1cc(C(=O)Nc2nn[nH]n2)no1. The van der Waals surface area contributed by atoms with Gasteiger partial charge in [-0.05, 0) is 17.3 Å². The Bertz CT molecular complexity index is 791. The zero-order chi connectivity index (χ0) is 16.2. The molecule has 0 radical (unpaired) electrons. The van der Waals surface area contributed by atoms with E-state index in [0.29, 0.717) is 22.8 Å². The number of anilines is 1. The molecule has 1 aromatic carbocycles. The van der Waals surface area contributed by atoms with Crippen molar-refractivity contribution in [2.24, 2.45) is 0 Å². The van der Waals surface area contributed by atoms with Crippen LogP contribution in [0.15, 0.2) is 28.8 Å². The highest BCUT2D eigenvalue weighted by Gasteiger charge is 2.20. The van der Waals surface area contributed by atoms with Crippen molar-refractivity contribution in [3.8, 4) is 22.8 Å². The van der Waals surface area contributed by atoms with Gasteiger partial charge in [0.25, 0.3) is 11.9 Å². The maximum absolute atomic E-state index is 12.0. The predicted molar refractivity (Wildman–Crippen MR) is 77.2 cm³/mol. The molecule has 0 aliphatic heterocycles. The Morgan fingerprint density at radius 2 is 2.00 bits per heavy atom. The van der Waals surface area contributed by atoms with Crippen molar-refractivity contribution in [2.45, 2.75) is 0 Å². The molecule has 0 saturated carbocycles. The second kappa shape index (κ2) is 6.13. The maximum Gasteiger partial charge on any atom is 0.280 e. The van der Waals surface area contributed by atoms with Gasteiger partial charge in [-0.25, -0.2) is 0 Å². The molecule has 3 rings (SSSR count). The van der Waals surface area contributed by atoms with E-state index in [1.165, 1.54) is 20.3 Å². The molecule has 3 aromatic rings. The van der Waals surface area contributed by atoms with E-state index in [1.807, 2.05) is 0 Å². The molecule has 118 valence electrons. The second-order valence-electron chi connectivity index (χ2n) is 4.30. The first-order valence-electron chi connectivity index (χ1n) is 6.45. The third-order valence-corrected chi connectivity index (χ3v) is 2.99. The summed E-state index contributed by atoms with van der Waals surface area (Å²) in [5.74, 6) is 0.901. The third kappa shape index (κ3) is 2.81. The maximum atomic E-state index is 12.0. The number of aromatic nitrogens is 5. The number of ether oxygens (including phenoxy) is 2. The highest BCUT2D eigenvalue weighted by Crippen LogP contribution is 2.38. The van der Waals surface area contributed by atoms with Gasteiger partial charge in [0.1, 0.15) is 17.1 Å². The molecule has 10 nitrogen and oxygen atoms in total. The van der Waals surface area contributed by atoms with Gasteiger partial charge in [0.15, 0.2) is 11.5 Å². The van der Waals surface area contributed by atoms with E-state index in [1.54, 1.807) is 18.2 Å². The molecule has 0 unspecified atom stereocenters. The Hall–Kier alpha value is -3.43. The summed E-state index contributed by atoms with van der Waals surface area (Å²) >= 11 is 0. The number of nitrogens with zero attached hydrogens (tertiary/aromatic N) is 4. The molecule has 0 atom stereocenters. The van der Waals surface area contributed by atoms with E-state index < -0.39 is 5.91 Å². The van der Waals surface area contributed by atoms with Crippen molar-refractivity contribution in [1.29, 1.82) is 0 Å². The van der Waals surface area contributed by atoms with Gasteiger partial charge in [-0.3, -0.25) is 10.1 Å². The van der Waals surface area contributed by atoms with Gasteiger partial charge in [0.05, 0.1) is 14.2 Å². The largest absolute Gasteiger partial charge is 0.496 e. The molecule has 0 bridgehead atoms. The minimum absolute atomic E-state index is 0.0365. The van der Waals surface area contributed by atoms with E-state index in [4.69, 9.17) is 14.0 Å². The van der Waals surface area contributed by atoms with Gasteiger partial charge in [0.2, 0.25) is 0 Å². The van der Waals surface area contributed by atoms with Crippen molar-refractivity contribution in [3.63, 3.8) is 0 Å². The Labute approximate surface area is 129 Å². The minimum Gasteiger partial charge on any atom is -0.496 e. The number of amides is 1. The predicted octanol–water partition coefficient (Wildman–Crippen LogP) is 1.12. The van der Waals surface area contributed by atoms with Crippen molar-refractivity contribution >= 4 is 11.9 Å². The molecule has 0 aliphatic rings. The van der Waals surface area contributed by atoms with Crippen molar-refractivity contribution in [2.75, 3.05) is 19.5 Å². The zero-order valence-electron chi connectivity index (χ0n) is 12.2. The van der Waals surface area contributed by atoms with Gasteiger partial charge >= 0.3 is 0 Å². The van der Waals surface area contributed by atoms with Gasteiger partial charge in [-0.1, -0.05) is 16.3 Å². The summed E-state index contributed by atoms with van der Waals surface area (Å²) in [7, 11) is 3.05. The average molecular weight is 316 g/mol. The first-order chi connectivity index (χ1) is 11.2. The molecular formula is C13H12N6O4. The van der Waals surface area contributed by atoms with E-state index in [9.17, 15) is 4.79 Å². The highest BCUT2D eigenvalue weighted by atomic mass is 16.5. The van der Waals surface area contributed by atoms with E-state index in [2.05, 4.69) is 31.1 Å². The van der Waals surface area contributed by atoms with E-state index in [0.717, 1.165) is 0 Å².